The highest BCUT2D eigenvalue weighted by molar-refractivity contribution is 7.89. The zero-order valence-electron chi connectivity index (χ0n) is 17.9. The summed E-state index contributed by atoms with van der Waals surface area (Å²) in [7, 11) is -3.69. The number of hydrogen-bond acceptors (Lipinski definition) is 5. The van der Waals surface area contributed by atoms with Crippen LogP contribution in [0.15, 0.2) is 23.1 Å². The van der Waals surface area contributed by atoms with Crippen molar-refractivity contribution < 1.29 is 17.9 Å². The molecule has 0 bridgehead atoms. The molecule has 0 radical (unpaired) electrons. The van der Waals surface area contributed by atoms with Crippen molar-refractivity contribution in [1.29, 1.82) is 0 Å². The molecular formula is C22H32ClN3O4S. The molecule has 2 aliphatic heterocycles. The van der Waals surface area contributed by atoms with E-state index in [9.17, 15) is 13.2 Å². The molecule has 0 aromatic heterocycles. The predicted molar refractivity (Wildman–Crippen MR) is 120 cm³/mol. The van der Waals surface area contributed by atoms with Crippen LogP contribution in [-0.2, 0) is 14.8 Å². The number of ether oxygens (including phenoxy) is 1. The average Bonchev–Trinajstić information content (AvgIpc) is 3.35. The number of hydrogen-bond donors (Lipinski definition) is 1. The summed E-state index contributed by atoms with van der Waals surface area (Å²) in [6, 6.07) is 4.54. The molecule has 2 heterocycles. The molecule has 3 aliphatic rings. The molecule has 7 nitrogen and oxygen atoms in total. The van der Waals surface area contributed by atoms with Gasteiger partial charge in [-0.2, -0.15) is 4.31 Å². The summed E-state index contributed by atoms with van der Waals surface area (Å²) < 4.78 is 32.9. The van der Waals surface area contributed by atoms with E-state index in [0.29, 0.717) is 25.2 Å². The van der Waals surface area contributed by atoms with Gasteiger partial charge in [0.1, 0.15) is 4.90 Å². The Morgan fingerprint density at radius 1 is 1.03 bits per heavy atom. The van der Waals surface area contributed by atoms with E-state index >= 15 is 0 Å². The molecule has 31 heavy (non-hydrogen) atoms. The molecule has 1 N–H and O–H groups in total. The molecular weight excluding hydrogens is 438 g/mol. The molecule has 1 saturated carbocycles. The Hall–Kier alpha value is -1.19. The lowest BCUT2D eigenvalue weighted by Gasteiger charge is -2.48. The van der Waals surface area contributed by atoms with Gasteiger partial charge in [-0.15, -0.1) is 0 Å². The van der Waals surface area contributed by atoms with Crippen molar-refractivity contribution in [1.82, 2.24) is 14.5 Å². The van der Waals surface area contributed by atoms with Gasteiger partial charge in [-0.1, -0.05) is 30.9 Å². The summed E-state index contributed by atoms with van der Waals surface area (Å²) in [5.74, 6) is -0.257. The molecule has 1 aromatic carbocycles. The van der Waals surface area contributed by atoms with Crippen LogP contribution in [0.4, 0.5) is 0 Å². The zero-order valence-corrected chi connectivity index (χ0v) is 19.5. The minimum atomic E-state index is -3.69. The van der Waals surface area contributed by atoms with Crippen molar-refractivity contribution >= 4 is 27.5 Å². The van der Waals surface area contributed by atoms with Crippen molar-refractivity contribution in [2.45, 2.75) is 55.4 Å². The van der Waals surface area contributed by atoms with E-state index in [2.05, 4.69) is 10.2 Å². The molecule has 0 spiro atoms. The first-order valence-electron chi connectivity index (χ1n) is 11.3. The maximum atomic E-state index is 13.0. The molecule has 172 valence electrons. The SMILES string of the molecule is O=C(NCC1(N2CCOCC2)CCCCC1)c1ccc(Cl)c(S(=O)(=O)N2CCCC2)c1. The highest BCUT2D eigenvalue weighted by Gasteiger charge is 2.39. The van der Waals surface area contributed by atoms with Gasteiger partial charge >= 0.3 is 0 Å². The third-order valence-electron chi connectivity index (χ3n) is 6.92. The standard InChI is InChI=1S/C22H32ClN3O4S/c23-19-7-6-18(16-20(19)31(28,29)26-10-4-5-11-26)21(27)24-17-22(8-2-1-3-9-22)25-12-14-30-15-13-25/h6-7,16H,1-5,8-15,17H2,(H,24,27). The van der Waals surface area contributed by atoms with E-state index in [1.54, 1.807) is 6.07 Å². The van der Waals surface area contributed by atoms with Gasteiger partial charge in [0.25, 0.3) is 5.91 Å². The summed E-state index contributed by atoms with van der Waals surface area (Å²) in [5, 5.41) is 3.25. The summed E-state index contributed by atoms with van der Waals surface area (Å²) in [6.45, 7) is 4.77. The van der Waals surface area contributed by atoms with Crippen molar-refractivity contribution in [2.75, 3.05) is 45.9 Å². The van der Waals surface area contributed by atoms with Gasteiger partial charge in [0, 0.05) is 43.8 Å². The van der Waals surface area contributed by atoms with Gasteiger partial charge in [-0.05, 0) is 43.9 Å². The number of sulfonamides is 1. The van der Waals surface area contributed by atoms with Gasteiger partial charge in [-0.25, -0.2) is 8.42 Å². The first kappa shape index (κ1) is 23.0. The lowest BCUT2D eigenvalue weighted by Crippen LogP contribution is -2.59. The lowest BCUT2D eigenvalue weighted by atomic mass is 9.79. The number of halogens is 1. The Morgan fingerprint density at radius 2 is 1.71 bits per heavy atom. The minimum Gasteiger partial charge on any atom is -0.379 e. The Labute approximate surface area is 190 Å². The van der Waals surface area contributed by atoms with Crippen LogP contribution in [0.2, 0.25) is 5.02 Å². The smallest absolute Gasteiger partial charge is 0.251 e. The molecule has 4 rings (SSSR count). The predicted octanol–water partition coefficient (Wildman–Crippen LogP) is 2.89. The van der Waals surface area contributed by atoms with Crippen LogP contribution < -0.4 is 5.32 Å². The van der Waals surface area contributed by atoms with Crippen molar-refractivity contribution in [3.05, 3.63) is 28.8 Å². The van der Waals surface area contributed by atoms with E-state index in [-0.39, 0.29) is 21.4 Å². The van der Waals surface area contributed by atoms with Crippen LogP contribution in [0.25, 0.3) is 0 Å². The van der Waals surface area contributed by atoms with Crippen LogP contribution in [0.3, 0.4) is 0 Å². The average molecular weight is 470 g/mol. The fraction of sp³-hybridized carbons (Fsp3) is 0.682. The fourth-order valence-electron chi connectivity index (χ4n) is 5.11. The van der Waals surface area contributed by atoms with Crippen LogP contribution in [-0.4, -0.2) is 75.0 Å². The number of morpholine rings is 1. The number of amides is 1. The molecule has 1 amide bonds. The quantitative estimate of drug-likeness (QED) is 0.693. The number of rotatable bonds is 6. The summed E-state index contributed by atoms with van der Waals surface area (Å²) in [5.41, 5.74) is 0.282. The monoisotopic (exact) mass is 469 g/mol. The van der Waals surface area contributed by atoms with E-state index in [0.717, 1.165) is 64.8 Å². The van der Waals surface area contributed by atoms with Crippen molar-refractivity contribution in [3.8, 4) is 0 Å². The molecule has 3 fully saturated rings. The second-order valence-electron chi connectivity index (χ2n) is 8.82. The largest absolute Gasteiger partial charge is 0.379 e. The van der Waals surface area contributed by atoms with Crippen LogP contribution in [0, 0.1) is 0 Å². The second-order valence-corrected chi connectivity index (χ2v) is 11.1. The molecule has 9 heteroatoms. The molecule has 1 aliphatic carbocycles. The number of carbonyl (C=O) groups excluding carboxylic acids is 1. The van der Waals surface area contributed by atoms with Crippen LogP contribution in [0.1, 0.15) is 55.3 Å². The first-order valence-corrected chi connectivity index (χ1v) is 13.1. The van der Waals surface area contributed by atoms with Gasteiger partial charge in [0.05, 0.1) is 18.2 Å². The molecule has 0 unspecified atom stereocenters. The number of benzene rings is 1. The maximum absolute atomic E-state index is 13.0. The van der Waals surface area contributed by atoms with Crippen LogP contribution >= 0.6 is 11.6 Å². The van der Waals surface area contributed by atoms with Gasteiger partial charge in [0.2, 0.25) is 10.0 Å². The van der Waals surface area contributed by atoms with E-state index in [4.69, 9.17) is 16.3 Å². The van der Waals surface area contributed by atoms with Gasteiger partial charge < -0.3 is 10.1 Å². The number of nitrogens with one attached hydrogen (secondary N) is 1. The molecule has 2 saturated heterocycles. The highest BCUT2D eigenvalue weighted by Crippen LogP contribution is 2.34. The molecule has 1 aromatic rings. The third kappa shape index (κ3) is 4.93. The highest BCUT2D eigenvalue weighted by atomic mass is 35.5. The topological polar surface area (TPSA) is 79.0 Å². The lowest BCUT2D eigenvalue weighted by molar-refractivity contribution is -0.0361. The summed E-state index contributed by atoms with van der Waals surface area (Å²) in [6.07, 6.45) is 7.36. The Kier molecular flexibility index (Phi) is 7.23. The minimum absolute atomic E-state index is 0.0178. The summed E-state index contributed by atoms with van der Waals surface area (Å²) in [4.78, 5) is 15.5. The van der Waals surface area contributed by atoms with Gasteiger partial charge in [0.15, 0.2) is 0 Å². The van der Waals surface area contributed by atoms with E-state index < -0.39 is 10.0 Å². The number of carbonyl (C=O) groups is 1. The maximum Gasteiger partial charge on any atom is 0.251 e. The van der Waals surface area contributed by atoms with E-state index in [1.807, 2.05) is 0 Å². The van der Waals surface area contributed by atoms with Gasteiger partial charge in [-0.3, -0.25) is 9.69 Å². The van der Waals surface area contributed by atoms with Crippen molar-refractivity contribution in [2.24, 2.45) is 0 Å². The fourth-order valence-corrected chi connectivity index (χ4v) is 7.13. The third-order valence-corrected chi connectivity index (χ3v) is 9.30. The van der Waals surface area contributed by atoms with Crippen molar-refractivity contribution in [3.63, 3.8) is 0 Å². The number of nitrogens with zero attached hydrogens (tertiary/aromatic N) is 2. The Balaban J connectivity index is 1.50. The first-order chi connectivity index (χ1) is 14.9. The second kappa shape index (κ2) is 9.75. The molecule has 0 atom stereocenters. The normalized spacial score (nSPS) is 23.0. The Bertz CT molecular complexity index is 890. The zero-order chi connectivity index (χ0) is 21.9. The van der Waals surface area contributed by atoms with E-state index in [1.165, 1.54) is 22.9 Å². The Morgan fingerprint density at radius 3 is 2.39 bits per heavy atom. The summed E-state index contributed by atoms with van der Waals surface area (Å²) >= 11 is 6.23. The van der Waals surface area contributed by atoms with Crippen LogP contribution in [0.5, 0.6) is 0 Å².